The van der Waals surface area contributed by atoms with Crippen molar-refractivity contribution >= 4 is 5.91 Å². The van der Waals surface area contributed by atoms with Crippen molar-refractivity contribution in [1.29, 1.82) is 0 Å². The van der Waals surface area contributed by atoms with Crippen LogP contribution in [-0.4, -0.2) is 30.3 Å². The summed E-state index contributed by atoms with van der Waals surface area (Å²) < 4.78 is 28.1. The van der Waals surface area contributed by atoms with Gasteiger partial charge in [0.1, 0.15) is 5.75 Å². The SMILES string of the molecule is CCC(O)CCNC(=O)Cc1ccc(OC(F)F)cc1. The van der Waals surface area contributed by atoms with E-state index >= 15 is 0 Å². The number of nitrogens with one attached hydrogen (secondary N) is 1. The predicted molar refractivity (Wildman–Crippen MR) is 70.7 cm³/mol. The normalized spacial score (nSPS) is 12.2. The first-order chi connectivity index (χ1) is 9.51. The van der Waals surface area contributed by atoms with Crippen molar-refractivity contribution < 1.29 is 23.4 Å². The summed E-state index contributed by atoms with van der Waals surface area (Å²) in [4.78, 5) is 11.6. The van der Waals surface area contributed by atoms with Gasteiger partial charge in [-0.3, -0.25) is 4.79 Å². The van der Waals surface area contributed by atoms with E-state index in [1.807, 2.05) is 6.92 Å². The molecule has 0 bridgehead atoms. The van der Waals surface area contributed by atoms with Crippen molar-refractivity contribution in [3.05, 3.63) is 29.8 Å². The van der Waals surface area contributed by atoms with Crippen molar-refractivity contribution in [2.75, 3.05) is 6.54 Å². The highest BCUT2D eigenvalue weighted by Gasteiger charge is 2.07. The lowest BCUT2D eigenvalue weighted by molar-refractivity contribution is -0.120. The van der Waals surface area contributed by atoms with E-state index in [1.165, 1.54) is 12.1 Å². The molecule has 0 heterocycles. The summed E-state index contributed by atoms with van der Waals surface area (Å²) in [6.07, 6.45) is 0.934. The van der Waals surface area contributed by atoms with E-state index in [1.54, 1.807) is 12.1 Å². The van der Waals surface area contributed by atoms with Crippen LogP contribution in [0.15, 0.2) is 24.3 Å². The molecule has 20 heavy (non-hydrogen) atoms. The first kappa shape index (κ1) is 16.4. The van der Waals surface area contributed by atoms with Gasteiger partial charge in [0.2, 0.25) is 5.91 Å². The molecule has 4 nitrogen and oxygen atoms in total. The van der Waals surface area contributed by atoms with Gasteiger partial charge in [0.15, 0.2) is 0 Å². The average Bonchev–Trinajstić information content (AvgIpc) is 2.40. The Morgan fingerprint density at radius 2 is 2.00 bits per heavy atom. The van der Waals surface area contributed by atoms with Gasteiger partial charge >= 0.3 is 6.61 Å². The summed E-state index contributed by atoms with van der Waals surface area (Å²) >= 11 is 0. The standard InChI is InChI=1S/C14H19F2NO3/c1-2-11(18)7-8-17-13(19)9-10-3-5-12(6-4-10)20-14(15)16/h3-6,11,14,18H,2,7-9H2,1H3,(H,17,19). The van der Waals surface area contributed by atoms with Crippen LogP contribution < -0.4 is 10.1 Å². The molecule has 0 radical (unpaired) electrons. The van der Waals surface area contributed by atoms with Crippen molar-refractivity contribution in [2.24, 2.45) is 0 Å². The highest BCUT2D eigenvalue weighted by Crippen LogP contribution is 2.15. The number of hydrogen-bond acceptors (Lipinski definition) is 3. The molecule has 1 aromatic carbocycles. The lowest BCUT2D eigenvalue weighted by Gasteiger charge is -2.09. The second-order valence-corrected chi connectivity index (χ2v) is 4.40. The molecule has 6 heteroatoms. The number of alkyl halides is 2. The fourth-order valence-electron chi connectivity index (χ4n) is 1.62. The van der Waals surface area contributed by atoms with Crippen molar-refractivity contribution in [1.82, 2.24) is 5.32 Å². The van der Waals surface area contributed by atoms with E-state index in [0.717, 1.165) is 0 Å². The second-order valence-electron chi connectivity index (χ2n) is 4.40. The number of carbonyl (C=O) groups is 1. The Balaban J connectivity index is 2.34. The van der Waals surface area contributed by atoms with Gasteiger partial charge in [0.25, 0.3) is 0 Å². The average molecular weight is 287 g/mol. The van der Waals surface area contributed by atoms with Gasteiger partial charge in [-0.15, -0.1) is 0 Å². The van der Waals surface area contributed by atoms with Crippen LogP contribution in [0.2, 0.25) is 0 Å². The number of rotatable bonds is 8. The Morgan fingerprint density at radius 3 is 2.55 bits per heavy atom. The second kappa shape index (κ2) is 8.47. The zero-order chi connectivity index (χ0) is 15.0. The van der Waals surface area contributed by atoms with Crippen molar-refractivity contribution in [3.63, 3.8) is 0 Å². The number of carbonyl (C=O) groups excluding carboxylic acids is 1. The van der Waals surface area contributed by atoms with Gasteiger partial charge in [-0.1, -0.05) is 19.1 Å². The minimum Gasteiger partial charge on any atom is -0.435 e. The van der Waals surface area contributed by atoms with E-state index < -0.39 is 12.7 Å². The fraction of sp³-hybridized carbons (Fsp3) is 0.500. The monoisotopic (exact) mass is 287 g/mol. The number of benzene rings is 1. The third kappa shape index (κ3) is 6.47. The van der Waals surface area contributed by atoms with Gasteiger partial charge < -0.3 is 15.2 Å². The molecule has 1 atom stereocenters. The van der Waals surface area contributed by atoms with Gasteiger partial charge in [-0.05, 0) is 30.5 Å². The van der Waals surface area contributed by atoms with E-state index in [-0.39, 0.29) is 18.1 Å². The van der Waals surface area contributed by atoms with Crippen molar-refractivity contribution in [2.45, 2.75) is 38.9 Å². The van der Waals surface area contributed by atoms with Crippen LogP contribution in [0.5, 0.6) is 5.75 Å². The third-order valence-electron chi connectivity index (χ3n) is 2.78. The van der Waals surface area contributed by atoms with Gasteiger partial charge in [0, 0.05) is 6.54 Å². The van der Waals surface area contributed by atoms with Crippen LogP contribution in [0.1, 0.15) is 25.3 Å². The lowest BCUT2D eigenvalue weighted by Crippen LogP contribution is -2.28. The highest BCUT2D eigenvalue weighted by atomic mass is 19.3. The van der Waals surface area contributed by atoms with Gasteiger partial charge in [-0.2, -0.15) is 8.78 Å². The summed E-state index contributed by atoms with van der Waals surface area (Å²) in [7, 11) is 0. The van der Waals surface area contributed by atoms with E-state index in [2.05, 4.69) is 10.1 Å². The summed E-state index contributed by atoms with van der Waals surface area (Å²) in [5.74, 6) is -0.106. The van der Waals surface area contributed by atoms with E-state index in [4.69, 9.17) is 0 Å². The minimum atomic E-state index is -2.85. The number of aliphatic hydroxyl groups excluding tert-OH is 1. The molecule has 0 aliphatic carbocycles. The Bertz CT molecular complexity index is 409. The smallest absolute Gasteiger partial charge is 0.387 e. The molecule has 0 saturated carbocycles. The predicted octanol–water partition coefficient (Wildman–Crippen LogP) is 2.11. The molecule has 1 aromatic rings. The topological polar surface area (TPSA) is 58.6 Å². The highest BCUT2D eigenvalue weighted by molar-refractivity contribution is 5.78. The molecule has 112 valence electrons. The third-order valence-corrected chi connectivity index (χ3v) is 2.78. The summed E-state index contributed by atoms with van der Waals surface area (Å²) in [6, 6.07) is 5.93. The van der Waals surface area contributed by atoms with Crippen LogP contribution in [-0.2, 0) is 11.2 Å². The quantitative estimate of drug-likeness (QED) is 0.770. The van der Waals surface area contributed by atoms with Crippen LogP contribution in [0.25, 0.3) is 0 Å². The molecule has 0 fully saturated rings. The van der Waals surface area contributed by atoms with Gasteiger partial charge in [0.05, 0.1) is 12.5 Å². The molecule has 2 N–H and O–H groups in total. The lowest BCUT2D eigenvalue weighted by atomic mass is 10.1. The fourth-order valence-corrected chi connectivity index (χ4v) is 1.62. The zero-order valence-corrected chi connectivity index (χ0v) is 11.3. The molecular formula is C14H19F2NO3. The summed E-state index contributed by atoms with van der Waals surface area (Å²) in [5.41, 5.74) is 0.708. The van der Waals surface area contributed by atoms with Crippen LogP contribution in [0, 0.1) is 0 Å². The number of ether oxygens (including phenoxy) is 1. The molecule has 0 spiro atoms. The number of hydrogen-bond donors (Lipinski definition) is 2. The van der Waals surface area contributed by atoms with Crippen molar-refractivity contribution in [3.8, 4) is 5.75 Å². The largest absolute Gasteiger partial charge is 0.435 e. The summed E-state index contributed by atoms with van der Waals surface area (Å²) in [5, 5.41) is 12.0. The minimum absolute atomic E-state index is 0.0650. The number of halogens is 2. The molecule has 0 aromatic heterocycles. The maximum Gasteiger partial charge on any atom is 0.387 e. The maximum absolute atomic E-state index is 12.0. The molecule has 1 rings (SSSR count). The Morgan fingerprint density at radius 1 is 1.35 bits per heavy atom. The van der Waals surface area contributed by atoms with Crippen LogP contribution in [0.3, 0.4) is 0 Å². The number of amides is 1. The Labute approximate surface area is 116 Å². The van der Waals surface area contributed by atoms with Crippen LogP contribution in [0.4, 0.5) is 8.78 Å². The van der Waals surface area contributed by atoms with E-state index in [0.29, 0.717) is 24.9 Å². The molecular weight excluding hydrogens is 268 g/mol. The Kier molecular flexibility index (Phi) is 6.93. The number of aliphatic hydroxyl groups is 1. The first-order valence-corrected chi connectivity index (χ1v) is 6.49. The molecule has 0 saturated heterocycles. The zero-order valence-electron chi connectivity index (χ0n) is 11.3. The van der Waals surface area contributed by atoms with E-state index in [9.17, 15) is 18.7 Å². The molecule has 1 unspecified atom stereocenters. The van der Waals surface area contributed by atoms with Gasteiger partial charge in [-0.25, -0.2) is 0 Å². The maximum atomic E-state index is 12.0. The molecule has 0 aliphatic heterocycles. The molecule has 1 amide bonds. The summed E-state index contributed by atoms with van der Waals surface area (Å²) in [6.45, 7) is -0.565. The molecule has 0 aliphatic rings. The first-order valence-electron chi connectivity index (χ1n) is 6.49. The Hall–Kier alpha value is -1.69. The van der Waals surface area contributed by atoms with Crippen LogP contribution >= 0.6 is 0 Å².